The summed E-state index contributed by atoms with van der Waals surface area (Å²) in [6, 6.07) is 12.7. The van der Waals surface area contributed by atoms with Crippen molar-refractivity contribution in [1.29, 1.82) is 0 Å². The molecule has 0 aromatic heterocycles. The molecule has 32 heavy (non-hydrogen) atoms. The summed E-state index contributed by atoms with van der Waals surface area (Å²) >= 11 is 0. The van der Waals surface area contributed by atoms with E-state index in [1.165, 1.54) is 12.1 Å². The molecule has 0 saturated carbocycles. The Morgan fingerprint density at radius 2 is 1.75 bits per heavy atom. The fourth-order valence-corrected chi connectivity index (χ4v) is 3.74. The van der Waals surface area contributed by atoms with E-state index in [9.17, 15) is 14.0 Å². The van der Waals surface area contributed by atoms with Gasteiger partial charge >= 0.3 is 0 Å². The predicted octanol–water partition coefficient (Wildman–Crippen LogP) is 2.23. The molecule has 9 heteroatoms. The molecule has 2 N–H and O–H groups in total. The van der Waals surface area contributed by atoms with Crippen LogP contribution in [0.2, 0.25) is 0 Å². The molecule has 2 amide bonds. The molecular weight excluding hydrogens is 413 g/mol. The molecule has 2 aliphatic rings. The van der Waals surface area contributed by atoms with Crippen molar-refractivity contribution in [3.8, 4) is 5.75 Å². The van der Waals surface area contributed by atoms with Crippen molar-refractivity contribution >= 4 is 29.1 Å². The van der Waals surface area contributed by atoms with Gasteiger partial charge in [-0.2, -0.15) is 0 Å². The molecule has 1 fully saturated rings. The number of anilines is 2. The average molecular weight is 439 g/mol. The maximum absolute atomic E-state index is 13.2. The zero-order valence-electron chi connectivity index (χ0n) is 17.9. The number of nitrogens with one attached hydrogen (secondary N) is 2. The number of ether oxygens (including phenoxy) is 1. The molecule has 0 spiro atoms. The van der Waals surface area contributed by atoms with Crippen molar-refractivity contribution in [1.82, 2.24) is 10.2 Å². The van der Waals surface area contributed by atoms with Crippen molar-refractivity contribution in [2.45, 2.75) is 19.4 Å². The average Bonchev–Trinajstić information content (AvgIpc) is 2.81. The van der Waals surface area contributed by atoms with Crippen LogP contribution in [0.3, 0.4) is 0 Å². The molecule has 1 unspecified atom stereocenters. The first kappa shape index (κ1) is 21.6. The van der Waals surface area contributed by atoms with Crippen LogP contribution in [-0.2, 0) is 9.59 Å². The summed E-state index contributed by atoms with van der Waals surface area (Å²) in [7, 11) is 0. The summed E-state index contributed by atoms with van der Waals surface area (Å²) in [5.41, 5.74) is 1.57. The normalized spacial score (nSPS) is 18.6. The number of halogens is 1. The lowest BCUT2D eigenvalue weighted by Gasteiger charge is -2.38. The third-order valence-electron chi connectivity index (χ3n) is 5.41. The monoisotopic (exact) mass is 439 g/mol. The third kappa shape index (κ3) is 5.16. The van der Waals surface area contributed by atoms with Gasteiger partial charge in [-0.25, -0.2) is 9.38 Å². The highest BCUT2D eigenvalue weighted by atomic mass is 19.1. The van der Waals surface area contributed by atoms with Gasteiger partial charge in [-0.3, -0.25) is 14.9 Å². The zero-order chi connectivity index (χ0) is 22.5. The van der Waals surface area contributed by atoms with E-state index in [0.29, 0.717) is 44.4 Å². The highest BCUT2D eigenvalue weighted by molar-refractivity contribution is 6.06. The summed E-state index contributed by atoms with van der Waals surface area (Å²) in [6.07, 6.45) is 0.00189. The highest BCUT2D eigenvalue weighted by Gasteiger charge is 2.30. The van der Waals surface area contributed by atoms with Gasteiger partial charge in [-0.05, 0) is 55.5 Å². The van der Waals surface area contributed by atoms with Gasteiger partial charge in [0.05, 0.1) is 13.0 Å². The molecule has 0 radical (unpaired) electrons. The Kier molecular flexibility index (Phi) is 6.53. The van der Waals surface area contributed by atoms with Crippen molar-refractivity contribution in [2.24, 2.45) is 4.99 Å². The van der Waals surface area contributed by atoms with Crippen LogP contribution >= 0.6 is 0 Å². The second-order valence-corrected chi connectivity index (χ2v) is 7.62. The Bertz CT molecular complexity index is 986. The van der Waals surface area contributed by atoms with Crippen LogP contribution in [0.15, 0.2) is 53.5 Å². The molecule has 0 aliphatic carbocycles. The Morgan fingerprint density at radius 1 is 1.09 bits per heavy atom. The minimum absolute atomic E-state index is 0.00189. The maximum Gasteiger partial charge on any atom is 0.249 e. The highest BCUT2D eigenvalue weighted by Crippen LogP contribution is 2.19. The molecule has 0 bridgehead atoms. The number of amides is 2. The molecule has 2 aromatic rings. The van der Waals surface area contributed by atoms with Gasteiger partial charge < -0.3 is 19.9 Å². The first-order valence-corrected chi connectivity index (χ1v) is 10.7. The van der Waals surface area contributed by atoms with Crippen LogP contribution < -0.4 is 20.3 Å². The lowest BCUT2D eigenvalue weighted by atomic mass is 10.1. The van der Waals surface area contributed by atoms with Crippen LogP contribution in [0.25, 0.3) is 0 Å². The number of piperazine rings is 1. The van der Waals surface area contributed by atoms with E-state index in [2.05, 4.69) is 20.5 Å². The summed E-state index contributed by atoms with van der Waals surface area (Å²) in [6.45, 7) is 5.13. The number of carbonyl (C=O) groups excluding carboxylic acids is 2. The van der Waals surface area contributed by atoms with E-state index in [1.807, 2.05) is 11.8 Å². The molecule has 1 saturated heterocycles. The number of carbonyl (C=O) groups is 2. The Hall–Kier alpha value is -3.62. The molecule has 2 aromatic carbocycles. The summed E-state index contributed by atoms with van der Waals surface area (Å²) in [4.78, 5) is 33.6. The lowest BCUT2D eigenvalue weighted by molar-refractivity contribution is -0.125. The molecular formula is C23H26FN5O3. The number of hydrogen-bond donors (Lipinski definition) is 2. The quantitative estimate of drug-likeness (QED) is 0.746. The predicted molar refractivity (Wildman–Crippen MR) is 120 cm³/mol. The molecule has 8 nitrogen and oxygen atoms in total. The summed E-state index contributed by atoms with van der Waals surface area (Å²) < 4.78 is 18.6. The minimum atomic E-state index is -0.791. The molecule has 2 heterocycles. The van der Waals surface area contributed by atoms with Crippen LogP contribution in [0.5, 0.6) is 5.75 Å². The van der Waals surface area contributed by atoms with E-state index in [-0.39, 0.29) is 24.1 Å². The summed E-state index contributed by atoms with van der Waals surface area (Å²) in [5, 5.41) is 5.61. The van der Waals surface area contributed by atoms with Gasteiger partial charge in [-0.15, -0.1) is 0 Å². The van der Waals surface area contributed by atoms with Gasteiger partial charge in [-0.1, -0.05) is 0 Å². The van der Waals surface area contributed by atoms with Crippen LogP contribution in [0.4, 0.5) is 15.8 Å². The standard InChI is InChI=1S/C23H26FN5O3/c1-2-32-19-9-5-17(6-10-19)25-22(31)20-15-21(30)27-23(26-20)29-13-11-28(12-14-29)18-7-3-16(24)4-8-18/h3-10,20H,2,11-15H2,1H3,(H,25,31)(H,26,27,30). The number of hydrogen-bond acceptors (Lipinski definition) is 6. The van der Waals surface area contributed by atoms with Gasteiger partial charge in [0.25, 0.3) is 0 Å². The van der Waals surface area contributed by atoms with E-state index in [0.717, 1.165) is 11.4 Å². The van der Waals surface area contributed by atoms with Crippen molar-refractivity contribution in [3.05, 3.63) is 54.3 Å². The second kappa shape index (κ2) is 9.67. The van der Waals surface area contributed by atoms with Gasteiger partial charge in [0.1, 0.15) is 17.6 Å². The number of rotatable bonds is 5. The van der Waals surface area contributed by atoms with Crippen LogP contribution in [-0.4, -0.2) is 61.5 Å². The van der Waals surface area contributed by atoms with Crippen molar-refractivity contribution in [3.63, 3.8) is 0 Å². The first-order valence-electron chi connectivity index (χ1n) is 10.7. The molecule has 2 aliphatic heterocycles. The fourth-order valence-electron chi connectivity index (χ4n) is 3.74. The van der Waals surface area contributed by atoms with Crippen molar-refractivity contribution in [2.75, 3.05) is 43.0 Å². The van der Waals surface area contributed by atoms with Gasteiger partial charge in [0.15, 0.2) is 0 Å². The molecule has 168 valence electrons. The fraction of sp³-hybridized carbons (Fsp3) is 0.348. The Morgan fingerprint density at radius 3 is 2.41 bits per heavy atom. The van der Waals surface area contributed by atoms with Crippen molar-refractivity contribution < 1.29 is 18.7 Å². The Balaban J connectivity index is 1.38. The first-order chi connectivity index (χ1) is 15.5. The van der Waals surface area contributed by atoms with E-state index < -0.39 is 6.04 Å². The SMILES string of the molecule is CCOc1ccc(NC(=O)C2CC(=O)NC(N3CCN(c4ccc(F)cc4)CC3)=N2)cc1. The van der Waals surface area contributed by atoms with Crippen LogP contribution in [0.1, 0.15) is 13.3 Å². The smallest absolute Gasteiger partial charge is 0.249 e. The van der Waals surface area contributed by atoms with Gasteiger partial charge in [0, 0.05) is 37.6 Å². The Labute approximate surface area is 186 Å². The third-order valence-corrected chi connectivity index (χ3v) is 5.41. The maximum atomic E-state index is 13.2. The zero-order valence-corrected chi connectivity index (χ0v) is 17.9. The summed E-state index contributed by atoms with van der Waals surface area (Å²) in [5.74, 6) is 0.324. The second-order valence-electron chi connectivity index (χ2n) is 7.62. The number of aliphatic imine (C=N–C) groups is 1. The number of nitrogens with zero attached hydrogens (tertiary/aromatic N) is 3. The van der Waals surface area contributed by atoms with E-state index in [1.54, 1.807) is 36.4 Å². The van der Waals surface area contributed by atoms with E-state index in [4.69, 9.17) is 4.74 Å². The molecule has 4 rings (SSSR count). The topological polar surface area (TPSA) is 86.3 Å². The minimum Gasteiger partial charge on any atom is -0.494 e. The number of benzene rings is 2. The molecule has 1 atom stereocenters. The lowest BCUT2D eigenvalue weighted by Crippen LogP contribution is -2.56. The largest absolute Gasteiger partial charge is 0.494 e. The van der Waals surface area contributed by atoms with Gasteiger partial charge in [0.2, 0.25) is 17.8 Å². The number of guanidine groups is 1. The van der Waals surface area contributed by atoms with E-state index >= 15 is 0 Å². The van der Waals surface area contributed by atoms with Crippen LogP contribution in [0, 0.1) is 5.82 Å².